The lowest BCUT2D eigenvalue weighted by atomic mass is 10.0. The number of aromatic nitrogens is 4. The van der Waals surface area contributed by atoms with E-state index < -0.39 is 0 Å². The van der Waals surface area contributed by atoms with E-state index in [0.717, 1.165) is 30.8 Å². The van der Waals surface area contributed by atoms with Crippen LogP contribution in [0.25, 0.3) is 5.69 Å². The van der Waals surface area contributed by atoms with Crippen LogP contribution in [-0.2, 0) is 4.79 Å². The molecular weight excluding hydrogens is 338 g/mol. The first kappa shape index (κ1) is 17.7. The van der Waals surface area contributed by atoms with Crippen LogP contribution >= 0.6 is 11.8 Å². The summed E-state index contributed by atoms with van der Waals surface area (Å²) in [4.78, 5) is 14.5. The summed E-state index contributed by atoms with van der Waals surface area (Å²) in [6.07, 6.45) is 3.36. The van der Waals surface area contributed by atoms with Crippen molar-refractivity contribution in [1.82, 2.24) is 25.1 Å². The number of likely N-dealkylation sites (tertiary alicyclic amines) is 1. The van der Waals surface area contributed by atoms with E-state index in [0.29, 0.717) is 23.6 Å². The van der Waals surface area contributed by atoms with Gasteiger partial charge in [0.2, 0.25) is 11.1 Å². The largest absolute Gasteiger partial charge is 0.492 e. The van der Waals surface area contributed by atoms with Crippen molar-refractivity contribution < 1.29 is 9.53 Å². The van der Waals surface area contributed by atoms with Crippen molar-refractivity contribution >= 4 is 17.7 Å². The highest BCUT2D eigenvalue weighted by molar-refractivity contribution is 7.99. The molecule has 1 unspecified atom stereocenters. The van der Waals surface area contributed by atoms with Gasteiger partial charge in [-0.25, -0.2) is 0 Å². The molecule has 0 N–H and O–H groups in total. The number of nitrogens with zero attached hydrogens (tertiary/aromatic N) is 5. The molecule has 1 aromatic heterocycles. The van der Waals surface area contributed by atoms with Crippen LogP contribution in [0.5, 0.6) is 5.75 Å². The van der Waals surface area contributed by atoms with Gasteiger partial charge >= 0.3 is 0 Å². The van der Waals surface area contributed by atoms with Crippen LogP contribution in [0.3, 0.4) is 0 Å². The van der Waals surface area contributed by atoms with E-state index in [1.807, 2.05) is 36.1 Å². The highest BCUT2D eigenvalue weighted by atomic mass is 32.2. The third-order valence-corrected chi connectivity index (χ3v) is 5.19. The van der Waals surface area contributed by atoms with Gasteiger partial charge < -0.3 is 9.64 Å². The zero-order chi connectivity index (χ0) is 17.6. The van der Waals surface area contributed by atoms with Crippen LogP contribution in [0.4, 0.5) is 0 Å². The van der Waals surface area contributed by atoms with Gasteiger partial charge in [0.1, 0.15) is 11.4 Å². The molecule has 0 spiro atoms. The van der Waals surface area contributed by atoms with Gasteiger partial charge in [-0.05, 0) is 55.7 Å². The second-order valence-electron chi connectivity index (χ2n) is 5.99. The van der Waals surface area contributed by atoms with Crippen molar-refractivity contribution in [2.24, 2.45) is 0 Å². The summed E-state index contributed by atoms with van der Waals surface area (Å²) in [5.41, 5.74) is 0.774. The minimum atomic E-state index is 0.143. The molecule has 1 atom stereocenters. The van der Waals surface area contributed by atoms with Crippen molar-refractivity contribution in [3.8, 4) is 11.4 Å². The first-order valence-corrected chi connectivity index (χ1v) is 9.62. The maximum Gasteiger partial charge on any atom is 0.233 e. The van der Waals surface area contributed by atoms with E-state index in [2.05, 4.69) is 22.4 Å². The molecule has 1 aliphatic heterocycles. The van der Waals surface area contributed by atoms with Gasteiger partial charge in [0.25, 0.3) is 0 Å². The molecular formula is C17H23N5O2S. The maximum atomic E-state index is 12.5. The Labute approximate surface area is 151 Å². The Morgan fingerprint density at radius 1 is 1.36 bits per heavy atom. The summed E-state index contributed by atoms with van der Waals surface area (Å²) < 4.78 is 7.28. The summed E-state index contributed by atoms with van der Waals surface area (Å²) in [7, 11) is 0. The molecule has 3 rings (SSSR count). The maximum absolute atomic E-state index is 12.5. The number of tetrazole rings is 1. The third-order valence-electron chi connectivity index (χ3n) is 4.28. The lowest BCUT2D eigenvalue weighted by Crippen LogP contribution is -2.42. The van der Waals surface area contributed by atoms with Crippen LogP contribution in [0.15, 0.2) is 29.4 Å². The molecule has 8 heteroatoms. The third kappa shape index (κ3) is 4.12. The molecule has 0 aliphatic carbocycles. The van der Waals surface area contributed by atoms with Crippen LogP contribution in [-0.4, -0.2) is 56.0 Å². The van der Waals surface area contributed by atoms with E-state index in [9.17, 15) is 4.79 Å². The van der Waals surface area contributed by atoms with Crippen LogP contribution in [0.1, 0.15) is 33.1 Å². The Morgan fingerprint density at radius 2 is 2.20 bits per heavy atom. The SMILES string of the molecule is CCOc1ccccc1-n1nnnc1SCC(=O)N1CCCCC1C. The summed E-state index contributed by atoms with van der Waals surface area (Å²) in [5, 5.41) is 12.5. The zero-order valence-corrected chi connectivity index (χ0v) is 15.4. The average molecular weight is 361 g/mol. The first-order chi connectivity index (χ1) is 12.2. The summed E-state index contributed by atoms with van der Waals surface area (Å²) >= 11 is 1.36. The molecule has 25 heavy (non-hydrogen) atoms. The molecule has 0 bridgehead atoms. The molecule has 1 fully saturated rings. The molecule has 134 valence electrons. The van der Waals surface area contributed by atoms with Gasteiger partial charge in [-0.3, -0.25) is 4.79 Å². The van der Waals surface area contributed by atoms with Crippen molar-refractivity contribution in [2.45, 2.75) is 44.3 Å². The molecule has 0 saturated carbocycles. The number of thioether (sulfide) groups is 1. The van der Waals surface area contributed by atoms with Crippen molar-refractivity contribution in [2.75, 3.05) is 18.9 Å². The summed E-state index contributed by atoms with van der Waals surface area (Å²) in [5.74, 6) is 1.20. The highest BCUT2D eigenvalue weighted by Crippen LogP contribution is 2.26. The monoisotopic (exact) mass is 361 g/mol. The Morgan fingerprint density at radius 3 is 3.00 bits per heavy atom. The van der Waals surface area contributed by atoms with Crippen LogP contribution in [0.2, 0.25) is 0 Å². The Balaban J connectivity index is 1.71. The minimum Gasteiger partial charge on any atom is -0.492 e. The Hall–Kier alpha value is -2.09. The van der Waals surface area contributed by atoms with Gasteiger partial charge in [0.05, 0.1) is 12.4 Å². The quantitative estimate of drug-likeness (QED) is 0.736. The number of benzene rings is 1. The topological polar surface area (TPSA) is 73.1 Å². The van der Waals surface area contributed by atoms with E-state index in [-0.39, 0.29) is 5.91 Å². The molecule has 1 amide bonds. The number of hydrogen-bond donors (Lipinski definition) is 0. The highest BCUT2D eigenvalue weighted by Gasteiger charge is 2.24. The van der Waals surface area contributed by atoms with Crippen LogP contribution in [0, 0.1) is 0 Å². The van der Waals surface area contributed by atoms with E-state index in [4.69, 9.17) is 4.74 Å². The van der Waals surface area contributed by atoms with E-state index in [1.165, 1.54) is 18.2 Å². The fourth-order valence-corrected chi connectivity index (χ4v) is 3.78. The van der Waals surface area contributed by atoms with Gasteiger partial charge in [-0.15, -0.1) is 5.10 Å². The van der Waals surface area contributed by atoms with Gasteiger partial charge in [-0.1, -0.05) is 23.9 Å². The number of piperidine rings is 1. The standard InChI is InChI=1S/C17H23N5O2S/c1-3-24-15-10-5-4-9-14(15)22-17(18-19-20-22)25-12-16(23)21-11-7-6-8-13(21)2/h4-5,9-10,13H,3,6-8,11-12H2,1-2H3. The Bertz CT molecular complexity index is 721. The first-order valence-electron chi connectivity index (χ1n) is 8.63. The normalized spacial score (nSPS) is 17.5. The van der Waals surface area contributed by atoms with Gasteiger partial charge in [0.15, 0.2) is 0 Å². The van der Waals surface area contributed by atoms with Gasteiger partial charge in [-0.2, -0.15) is 4.68 Å². The Kier molecular flexibility index (Phi) is 5.91. The molecule has 1 aromatic carbocycles. The minimum absolute atomic E-state index is 0.143. The molecule has 2 aromatic rings. The number of para-hydroxylation sites is 2. The number of carbonyl (C=O) groups excluding carboxylic acids is 1. The second-order valence-corrected chi connectivity index (χ2v) is 6.94. The average Bonchev–Trinajstić information content (AvgIpc) is 3.09. The van der Waals surface area contributed by atoms with E-state index >= 15 is 0 Å². The molecule has 1 aliphatic rings. The number of carbonyl (C=O) groups is 1. The number of hydrogen-bond acceptors (Lipinski definition) is 6. The molecule has 0 radical (unpaired) electrons. The van der Waals surface area contributed by atoms with Crippen molar-refractivity contribution in [3.05, 3.63) is 24.3 Å². The molecule has 7 nitrogen and oxygen atoms in total. The number of amides is 1. The summed E-state index contributed by atoms with van der Waals surface area (Å²) in [6, 6.07) is 7.92. The van der Waals surface area contributed by atoms with Gasteiger partial charge in [0, 0.05) is 12.6 Å². The number of rotatable bonds is 6. The molecule has 2 heterocycles. The predicted molar refractivity (Wildman–Crippen MR) is 96.1 cm³/mol. The smallest absolute Gasteiger partial charge is 0.233 e. The van der Waals surface area contributed by atoms with Crippen molar-refractivity contribution in [1.29, 1.82) is 0 Å². The number of ether oxygens (including phenoxy) is 1. The summed E-state index contributed by atoms with van der Waals surface area (Å²) in [6.45, 7) is 5.46. The fourth-order valence-electron chi connectivity index (χ4n) is 3.01. The zero-order valence-electron chi connectivity index (χ0n) is 14.6. The lowest BCUT2D eigenvalue weighted by Gasteiger charge is -2.33. The second kappa shape index (κ2) is 8.33. The fraction of sp³-hybridized carbons (Fsp3) is 0.529. The van der Waals surface area contributed by atoms with E-state index in [1.54, 1.807) is 4.68 Å². The van der Waals surface area contributed by atoms with Crippen molar-refractivity contribution in [3.63, 3.8) is 0 Å². The predicted octanol–water partition coefficient (Wildman–Crippen LogP) is 2.55. The van der Waals surface area contributed by atoms with Crippen LogP contribution < -0.4 is 4.74 Å². The lowest BCUT2D eigenvalue weighted by molar-refractivity contribution is -0.131. The molecule has 1 saturated heterocycles.